The number of benzene rings is 1. The number of halogens is 4. The first-order chi connectivity index (χ1) is 14.8. The SMILES string of the molecule is CNc1ccc(C(C)C(NC(=O)C(C)CC(F)(F)F)C(=O)N2CCN(C)C(C)C2)cc1F. The van der Waals surface area contributed by atoms with Crippen LogP contribution in [0.3, 0.4) is 0 Å². The maximum Gasteiger partial charge on any atom is 0.389 e. The molecule has 1 aliphatic heterocycles. The van der Waals surface area contributed by atoms with E-state index in [0.717, 1.165) is 0 Å². The molecule has 1 heterocycles. The average Bonchev–Trinajstić information content (AvgIpc) is 2.71. The Morgan fingerprint density at radius 2 is 1.88 bits per heavy atom. The van der Waals surface area contributed by atoms with Gasteiger partial charge in [0.2, 0.25) is 11.8 Å². The van der Waals surface area contributed by atoms with E-state index in [1.807, 2.05) is 14.0 Å². The molecule has 180 valence electrons. The number of nitrogens with zero attached hydrogens (tertiary/aromatic N) is 2. The molecular weight excluding hydrogens is 428 g/mol. The molecule has 1 fully saturated rings. The lowest BCUT2D eigenvalue weighted by molar-refractivity contribution is -0.154. The minimum absolute atomic E-state index is 0.0934. The first-order valence-corrected chi connectivity index (χ1v) is 10.7. The monoisotopic (exact) mass is 460 g/mol. The van der Waals surface area contributed by atoms with Crippen molar-refractivity contribution in [1.82, 2.24) is 15.1 Å². The highest BCUT2D eigenvalue weighted by molar-refractivity contribution is 5.89. The summed E-state index contributed by atoms with van der Waals surface area (Å²) in [6.45, 7) is 6.30. The molecule has 2 N–H and O–H groups in total. The van der Waals surface area contributed by atoms with E-state index in [4.69, 9.17) is 0 Å². The number of carbonyl (C=O) groups excluding carboxylic acids is 2. The Morgan fingerprint density at radius 3 is 2.41 bits per heavy atom. The van der Waals surface area contributed by atoms with E-state index < -0.39 is 42.2 Å². The quantitative estimate of drug-likeness (QED) is 0.614. The summed E-state index contributed by atoms with van der Waals surface area (Å²) in [4.78, 5) is 29.7. The van der Waals surface area contributed by atoms with E-state index in [2.05, 4.69) is 15.5 Å². The molecule has 0 aliphatic carbocycles. The Morgan fingerprint density at radius 1 is 1.22 bits per heavy atom. The van der Waals surface area contributed by atoms with Gasteiger partial charge >= 0.3 is 6.18 Å². The minimum Gasteiger partial charge on any atom is -0.386 e. The Hall–Kier alpha value is -2.36. The summed E-state index contributed by atoms with van der Waals surface area (Å²) in [5, 5.41) is 5.24. The van der Waals surface area contributed by atoms with Crippen molar-refractivity contribution >= 4 is 17.5 Å². The van der Waals surface area contributed by atoms with Gasteiger partial charge in [-0.05, 0) is 31.7 Å². The number of piperazine rings is 1. The third-order valence-corrected chi connectivity index (χ3v) is 6.11. The van der Waals surface area contributed by atoms with E-state index in [9.17, 15) is 27.2 Å². The zero-order valence-corrected chi connectivity index (χ0v) is 19.1. The summed E-state index contributed by atoms with van der Waals surface area (Å²) in [7, 11) is 3.52. The van der Waals surface area contributed by atoms with Gasteiger partial charge in [-0.3, -0.25) is 9.59 Å². The number of rotatable bonds is 7. The summed E-state index contributed by atoms with van der Waals surface area (Å²) in [6, 6.07) is 3.41. The summed E-state index contributed by atoms with van der Waals surface area (Å²) < 4.78 is 52.6. The highest BCUT2D eigenvalue weighted by Crippen LogP contribution is 2.28. The Bertz CT molecular complexity index is 818. The second-order valence-corrected chi connectivity index (χ2v) is 8.60. The van der Waals surface area contributed by atoms with Crippen LogP contribution in [0.5, 0.6) is 0 Å². The summed E-state index contributed by atoms with van der Waals surface area (Å²) in [6.07, 6.45) is -5.79. The van der Waals surface area contributed by atoms with Crippen LogP contribution in [0.2, 0.25) is 0 Å². The molecule has 6 nitrogen and oxygen atoms in total. The molecule has 10 heteroatoms. The minimum atomic E-state index is -4.50. The topological polar surface area (TPSA) is 64.7 Å². The van der Waals surface area contributed by atoms with Crippen LogP contribution in [0, 0.1) is 11.7 Å². The predicted octanol–water partition coefficient (Wildman–Crippen LogP) is 3.21. The van der Waals surface area contributed by atoms with Gasteiger partial charge in [0.25, 0.3) is 0 Å². The van der Waals surface area contributed by atoms with Crippen LogP contribution in [0.25, 0.3) is 0 Å². The Balaban J connectivity index is 2.30. The number of nitrogens with one attached hydrogen (secondary N) is 2. The second-order valence-electron chi connectivity index (χ2n) is 8.60. The molecule has 0 aromatic heterocycles. The smallest absolute Gasteiger partial charge is 0.386 e. The standard InChI is InChI=1S/C22H32F4N4O2/c1-13(11-22(24,25)26)20(31)28-19(21(32)30-9-8-29(5)14(2)12-30)15(3)16-6-7-18(27-4)17(23)10-16/h6-7,10,13-15,19,27H,8-9,11-12H2,1-5H3,(H,28,31). The third kappa shape index (κ3) is 6.57. The zero-order valence-electron chi connectivity index (χ0n) is 19.1. The Kier molecular flexibility index (Phi) is 8.50. The molecule has 1 aromatic carbocycles. The molecule has 32 heavy (non-hydrogen) atoms. The van der Waals surface area contributed by atoms with Crippen LogP contribution in [-0.4, -0.2) is 73.6 Å². The largest absolute Gasteiger partial charge is 0.389 e. The third-order valence-electron chi connectivity index (χ3n) is 6.11. The number of carbonyl (C=O) groups is 2. The molecule has 1 aliphatic rings. The van der Waals surface area contributed by atoms with Crippen molar-refractivity contribution in [2.45, 2.75) is 51.4 Å². The van der Waals surface area contributed by atoms with Crippen LogP contribution in [0.1, 0.15) is 38.7 Å². The molecular formula is C22H32F4N4O2. The normalized spacial score (nSPS) is 20.4. The summed E-state index contributed by atoms with van der Waals surface area (Å²) in [5.41, 5.74) is 0.741. The van der Waals surface area contributed by atoms with Crippen molar-refractivity contribution in [2.75, 3.05) is 39.0 Å². The van der Waals surface area contributed by atoms with Crippen LogP contribution in [0.15, 0.2) is 18.2 Å². The lowest BCUT2D eigenvalue weighted by Gasteiger charge is -2.40. The first-order valence-electron chi connectivity index (χ1n) is 10.7. The van der Waals surface area contributed by atoms with Crippen molar-refractivity contribution in [3.8, 4) is 0 Å². The maximum atomic E-state index is 14.3. The fourth-order valence-electron chi connectivity index (χ4n) is 3.79. The van der Waals surface area contributed by atoms with Gasteiger partial charge in [0, 0.05) is 44.6 Å². The van der Waals surface area contributed by atoms with Gasteiger partial charge in [-0.15, -0.1) is 0 Å². The molecule has 0 bridgehead atoms. The molecule has 0 saturated carbocycles. The predicted molar refractivity (Wildman–Crippen MR) is 115 cm³/mol. The fraction of sp³-hybridized carbons (Fsp3) is 0.636. The van der Waals surface area contributed by atoms with E-state index in [-0.39, 0.29) is 17.6 Å². The van der Waals surface area contributed by atoms with Gasteiger partial charge < -0.3 is 20.4 Å². The first kappa shape index (κ1) is 25.9. The number of amides is 2. The highest BCUT2D eigenvalue weighted by atomic mass is 19.4. The van der Waals surface area contributed by atoms with Crippen molar-refractivity contribution in [1.29, 1.82) is 0 Å². The summed E-state index contributed by atoms with van der Waals surface area (Å²) >= 11 is 0. The van der Waals surface area contributed by atoms with E-state index in [1.54, 1.807) is 24.9 Å². The zero-order chi connectivity index (χ0) is 24.2. The van der Waals surface area contributed by atoms with Crippen molar-refractivity contribution in [2.24, 2.45) is 5.92 Å². The number of alkyl halides is 3. The van der Waals surface area contributed by atoms with Gasteiger partial charge in [0.1, 0.15) is 11.9 Å². The molecule has 2 rings (SSSR count). The van der Waals surface area contributed by atoms with Crippen LogP contribution in [0.4, 0.5) is 23.2 Å². The van der Waals surface area contributed by atoms with Crippen LogP contribution < -0.4 is 10.6 Å². The molecule has 4 atom stereocenters. The molecule has 4 unspecified atom stereocenters. The van der Waals surface area contributed by atoms with Crippen molar-refractivity contribution < 1.29 is 27.2 Å². The highest BCUT2D eigenvalue weighted by Gasteiger charge is 2.38. The fourth-order valence-corrected chi connectivity index (χ4v) is 3.79. The van der Waals surface area contributed by atoms with Crippen molar-refractivity contribution in [3.05, 3.63) is 29.6 Å². The molecule has 0 spiro atoms. The number of anilines is 1. The Labute approximate surface area is 186 Å². The molecule has 1 aromatic rings. The number of hydrogen-bond donors (Lipinski definition) is 2. The summed E-state index contributed by atoms with van der Waals surface area (Å²) in [5.74, 6) is -3.77. The van der Waals surface area contributed by atoms with Gasteiger partial charge in [0.15, 0.2) is 0 Å². The van der Waals surface area contributed by atoms with E-state index >= 15 is 0 Å². The van der Waals surface area contributed by atoms with Crippen LogP contribution in [-0.2, 0) is 9.59 Å². The molecule has 0 radical (unpaired) electrons. The lowest BCUT2D eigenvalue weighted by atomic mass is 9.90. The molecule has 2 amide bonds. The number of likely N-dealkylation sites (N-methyl/N-ethyl adjacent to an activating group) is 1. The van der Waals surface area contributed by atoms with E-state index in [0.29, 0.717) is 25.2 Å². The van der Waals surface area contributed by atoms with Gasteiger partial charge in [-0.1, -0.05) is 19.9 Å². The van der Waals surface area contributed by atoms with E-state index in [1.165, 1.54) is 19.1 Å². The van der Waals surface area contributed by atoms with Crippen LogP contribution >= 0.6 is 0 Å². The second kappa shape index (κ2) is 10.5. The molecule has 1 saturated heterocycles. The lowest BCUT2D eigenvalue weighted by Crippen LogP contribution is -2.58. The average molecular weight is 461 g/mol. The van der Waals surface area contributed by atoms with Gasteiger partial charge in [-0.25, -0.2) is 4.39 Å². The number of hydrogen-bond acceptors (Lipinski definition) is 4. The van der Waals surface area contributed by atoms with Crippen molar-refractivity contribution in [3.63, 3.8) is 0 Å². The maximum absolute atomic E-state index is 14.3. The van der Waals surface area contributed by atoms with Gasteiger partial charge in [-0.2, -0.15) is 13.2 Å². The van der Waals surface area contributed by atoms with Gasteiger partial charge in [0.05, 0.1) is 12.1 Å².